The van der Waals surface area contributed by atoms with Crippen molar-refractivity contribution in [3.8, 4) is 11.1 Å². The molecule has 0 atom stereocenters. The van der Waals surface area contributed by atoms with E-state index in [1.54, 1.807) is 18.3 Å². The maximum Gasteiger partial charge on any atom is 0.290 e. The highest BCUT2D eigenvalue weighted by Gasteiger charge is 2.20. The molecule has 0 bridgehead atoms. The zero-order valence-corrected chi connectivity index (χ0v) is 17.5. The molecule has 8 heteroatoms. The standard InChI is InChI=1S/C21H27FN4O.CH2O2/c1-24(2)9-11-26-12-10-25(8-7-21(26)27)16-17-13-19(15-23-14-17)18-3-5-20(22)6-4-18;2-1-3/h3-6,13-15H,7-12,16H2,1-2H3;1H,(H,2,3). The van der Waals surface area contributed by atoms with Crippen LogP contribution in [0.25, 0.3) is 11.1 Å². The van der Waals surface area contributed by atoms with Gasteiger partial charge in [0.15, 0.2) is 0 Å². The van der Waals surface area contributed by atoms with E-state index in [0.717, 1.165) is 56.0 Å². The van der Waals surface area contributed by atoms with Gasteiger partial charge in [-0.05, 0) is 43.4 Å². The third kappa shape index (κ3) is 7.53. The predicted molar refractivity (Wildman–Crippen MR) is 113 cm³/mol. The first-order valence-corrected chi connectivity index (χ1v) is 9.85. The molecule has 1 N–H and O–H groups in total. The number of hydrogen-bond donors (Lipinski definition) is 1. The molecule has 0 aliphatic carbocycles. The summed E-state index contributed by atoms with van der Waals surface area (Å²) in [5.41, 5.74) is 3.03. The summed E-state index contributed by atoms with van der Waals surface area (Å²) < 4.78 is 13.1. The first-order chi connectivity index (χ1) is 14.4. The van der Waals surface area contributed by atoms with Crippen LogP contribution in [-0.2, 0) is 16.1 Å². The van der Waals surface area contributed by atoms with Gasteiger partial charge in [0.1, 0.15) is 5.82 Å². The monoisotopic (exact) mass is 416 g/mol. The van der Waals surface area contributed by atoms with E-state index in [-0.39, 0.29) is 18.2 Å². The van der Waals surface area contributed by atoms with Crippen molar-refractivity contribution in [2.75, 3.05) is 46.8 Å². The maximum absolute atomic E-state index is 13.1. The Balaban J connectivity index is 0.00000101. The van der Waals surface area contributed by atoms with Gasteiger partial charge in [0.05, 0.1) is 0 Å². The Labute approximate surface area is 176 Å². The van der Waals surface area contributed by atoms with Crippen LogP contribution >= 0.6 is 0 Å². The molecule has 1 aromatic carbocycles. The first kappa shape index (κ1) is 23.4. The summed E-state index contributed by atoms with van der Waals surface area (Å²) in [7, 11) is 4.05. The molecule has 30 heavy (non-hydrogen) atoms. The number of carbonyl (C=O) groups excluding carboxylic acids is 1. The molecule has 1 aromatic heterocycles. The summed E-state index contributed by atoms with van der Waals surface area (Å²) in [5.74, 6) is -0.00606. The zero-order chi connectivity index (χ0) is 21.9. The molecule has 2 heterocycles. The Morgan fingerprint density at radius 3 is 2.50 bits per heavy atom. The van der Waals surface area contributed by atoms with Crippen molar-refractivity contribution in [1.29, 1.82) is 0 Å². The van der Waals surface area contributed by atoms with E-state index in [0.29, 0.717) is 6.42 Å². The van der Waals surface area contributed by atoms with Gasteiger partial charge in [-0.15, -0.1) is 0 Å². The number of hydrogen-bond acceptors (Lipinski definition) is 5. The molecular formula is C22H29FN4O3. The number of amides is 1. The van der Waals surface area contributed by atoms with Crippen LogP contribution in [0.15, 0.2) is 42.7 Å². The van der Waals surface area contributed by atoms with Gasteiger partial charge in [-0.1, -0.05) is 12.1 Å². The van der Waals surface area contributed by atoms with E-state index in [2.05, 4.69) is 20.9 Å². The molecule has 1 saturated heterocycles. The number of likely N-dealkylation sites (N-methyl/N-ethyl adjacent to an activating group) is 1. The van der Waals surface area contributed by atoms with Gasteiger partial charge in [0, 0.05) is 63.6 Å². The van der Waals surface area contributed by atoms with E-state index in [4.69, 9.17) is 9.90 Å². The number of rotatable bonds is 6. The largest absolute Gasteiger partial charge is 0.483 e. The van der Waals surface area contributed by atoms with E-state index in [1.165, 1.54) is 12.1 Å². The smallest absolute Gasteiger partial charge is 0.290 e. The number of nitrogens with zero attached hydrogens (tertiary/aromatic N) is 4. The summed E-state index contributed by atoms with van der Waals surface area (Å²) in [6.07, 6.45) is 4.22. The summed E-state index contributed by atoms with van der Waals surface area (Å²) in [4.78, 5) is 31.4. The second-order valence-corrected chi connectivity index (χ2v) is 7.40. The fraction of sp³-hybridized carbons (Fsp3) is 0.409. The maximum atomic E-state index is 13.1. The molecule has 3 rings (SSSR count). The second kappa shape index (κ2) is 12.0. The van der Waals surface area contributed by atoms with Crippen LogP contribution < -0.4 is 0 Å². The Hall–Kier alpha value is -2.84. The Morgan fingerprint density at radius 1 is 1.13 bits per heavy atom. The average molecular weight is 416 g/mol. The molecule has 0 radical (unpaired) electrons. The van der Waals surface area contributed by atoms with Crippen LogP contribution in [0.4, 0.5) is 4.39 Å². The third-order valence-electron chi connectivity index (χ3n) is 4.88. The molecule has 1 amide bonds. The van der Waals surface area contributed by atoms with Crippen molar-refractivity contribution in [2.24, 2.45) is 0 Å². The lowest BCUT2D eigenvalue weighted by Crippen LogP contribution is -2.37. The van der Waals surface area contributed by atoms with Gasteiger partial charge >= 0.3 is 0 Å². The number of benzene rings is 1. The summed E-state index contributed by atoms with van der Waals surface area (Å²) >= 11 is 0. The van der Waals surface area contributed by atoms with Crippen LogP contribution in [0.1, 0.15) is 12.0 Å². The summed E-state index contributed by atoms with van der Waals surface area (Å²) in [6.45, 7) is 4.56. The molecule has 1 aliphatic heterocycles. The molecule has 0 spiro atoms. The van der Waals surface area contributed by atoms with Crippen LogP contribution in [0.5, 0.6) is 0 Å². The van der Waals surface area contributed by atoms with Crippen molar-refractivity contribution < 1.29 is 19.1 Å². The van der Waals surface area contributed by atoms with Gasteiger partial charge < -0.3 is 14.9 Å². The van der Waals surface area contributed by atoms with Gasteiger partial charge in [-0.25, -0.2) is 4.39 Å². The normalized spacial score (nSPS) is 14.8. The molecule has 0 saturated carbocycles. The highest BCUT2D eigenvalue weighted by Crippen LogP contribution is 2.20. The van der Waals surface area contributed by atoms with Gasteiger partial charge in [-0.2, -0.15) is 0 Å². The SMILES string of the molecule is CN(C)CCN1CCN(Cc2cncc(-c3ccc(F)cc3)c2)CCC1=O.O=CO. The van der Waals surface area contributed by atoms with Crippen molar-refractivity contribution in [2.45, 2.75) is 13.0 Å². The molecule has 0 unspecified atom stereocenters. The lowest BCUT2D eigenvalue weighted by atomic mass is 10.1. The highest BCUT2D eigenvalue weighted by atomic mass is 19.1. The summed E-state index contributed by atoms with van der Waals surface area (Å²) in [5, 5.41) is 6.89. The molecule has 162 valence electrons. The van der Waals surface area contributed by atoms with E-state index < -0.39 is 0 Å². The average Bonchev–Trinajstić information content (AvgIpc) is 2.89. The van der Waals surface area contributed by atoms with Crippen molar-refractivity contribution in [3.63, 3.8) is 0 Å². The zero-order valence-electron chi connectivity index (χ0n) is 17.5. The quantitative estimate of drug-likeness (QED) is 0.728. The van der Waals surface area contributed by atoms with E-state index >= 15 is 0 Å². The Kier molecular flexibility index (Phi) is 9.37. The minimum absolute atomic E-state index is 0.234. The van der Waals surface area contributed by atoms with Crippen LogP contribution in [0, 0.1) is 5.82 Å². The fourth-order valence-corrected chi connectivity index (χ4v) is 3.26. The number of aromatic nitrogens is 1. The van der Waals surface area contributed by atoms with Crippen molar-refractivity contribution in [1.82, 2.24) is 19.7 Å². The molecular weight excluding hydrogens is 387 g/mol. The second-order valence-electron chi connectivity index (χ2n) is 7.40. The predicted octanol–water partition coefficient (Wildman–Crippen LogP) is 2.18. The Bertz CT molecular complexity index is 814. The van der Waals surface area contributed by atoms with Crippen LogP contribution in [0.2, 0.25) is 0 Å². The molecule has 7 nitrogen and oxygen atoms in total. The molecule has 1 fully saturated rings. The molecule has 2 aromatic rings. The lowest BCUT2D eigenvalue weighted by molar-refractivity contribution is -0.130. The van der Waals surface area contributed by atoms with Crippen molar-refractivity contribution in [3.05, 3.63) is 54.1 Å². The third-order valence-corrected chi connectivity index (χ3v) is 4.88. The number of pyridine rings is 1. The van der Waals surface area contributed by atoms with Crippen LogP contribution in [0.3, 0.4) is 0 Å². The number of carbonyl (C=O) groups is 2. The van der Waals surface area contributed by atoms with Gasteiger partial charge in [-0.3, -0.25) is 19.5 Å². The summed E-state index contributed by atoms with van der Waals surface area (Å²) in [6, 6.07) is 8.55. The van der Waals surface area contributed by atoms with Crippen molar-refractivity contribution >= 4 is 12.4 Å². The van der Waals surface area contributed by atoms with Gasteiger partial charge in [0.2, 0.25) is 5.91 Å². The Morgan fingerprint density at radius 2 is 1.83 bits per heavy atom. The fourth-order valence-electron chi connectivity index (χ4n) is 3.26. The number of carboxylic acid groups (broad SMARTS) is 1. The minimum atomic E-state index is -0.250. The van der Waals surface area contributed by atoms with E-state index in [1.807, 2.05) is 25.2 Å². The first-order valence-electron chi connectivity index (χ1n) is 9.85. The lowest BCUT2D eigenvalue weighted by Gasteiger charge is -2.23. The van der Waals surface area contributed by atoms with Crippen LogP contribution in [-0.4, -0.2) is 84.0 Å². The van der Waals surface area contributed by atoms with Gasteiger partial charge in [0.25, 0.3) is 6.47 Å². The minimum Gasteiger partial charge on any atom is -0.483 e. The van der Waals surface area contributed by atoms with E-state index in [9.17, 15) is 9.18 Å². The topological polar surface area (TPSA) is 77.0 Å². The highest BCUT2D eigenvalue weighted by molar-refractivity contribution is 5.76. The number of halogens is 1. The molecule has 1 aliphatic rings.